The molecule has 0 radical (unpaired) electrons. The van der Waals surface area contributed by atoms with E-state index in [1.54, 1.807) is 24.5 Å². The van der Waals surface area contributed by atoms with Crippen molar-refractivity contribution in [2.24, 2.45) is 0 Å². The van der Waals surface area contributed by atoms with E-state index in [2.05, 4.69) is 9.88 Å². The molecule has 0 fully saturated rings. The minimum Gasteiger partial charge on any atom is -0.478 e. The van der Waals surface area contributed by atoms with E-state index >= 15 is 0 Å². The van der Waals surface area contributed by atoms with Gasteiger partial charge in [-0.25, -0.2) is 4.79 Å². The zero-order chi connectivity index (χ0) is 15.2. The zero-order valence-electron chi connectivity index (χ0n) is 12.0. The SMILES string of the molecule is CCN(Cc1ccncc1)Cc1cccc(N)c1C(=O)O. The number of carboxylic acids is 1. The lowest BCUT2D eigenvalue weighted by Gasteiger charge is -2.22. The molecule has 0 aliphatic heterocycles. The Balaban J connectivity index is 2.19. The first kappa shape index (κ1) is 15.0. The van der Waals surface area contributed by atoms with Gasteiger partial charge >= 0.3 is 5.97 Å². The van der Waals surface area contributed by atoms with E-state index in [-0.39, 0.29) is 5.56 Å². The maximum atomic E-state index is 11.4. The molecule has 1 aromatic heterocycles. The fraction of sp³-hybridized carbons (Fsp3) is 0.250. The van der Waals surface area contributed by atoms with Gasteiger partial charge in [0.2, 0.25) is 0 Å². The molecule has 2 aromatic rings. The van der Waals surface area contributed by atoms with Crippen molar-refractivity contribution < 1.29 is 9.90 Å². The quantitative estimate of drug-likeness (QED) is 0.797. The van der Waals surface area contributed by atoms with Crippen molar-refractivity contribution in [2.45, 2.75) is 20.0 Å². The highest BCUT2D eigenvalue weighted by molar-refractivity contribution is 5.95. The van der Waals surface area contributed by atoms with E-state index in [4.69, 9.17) is 5.73 Å². The van der Waals surface area contributed by atoms with E-state index in [0.29, 0.717) is 12.2 Å². The first-order valence-electron chi connectivity index (χ1n) is 6.83. The minimum absolute atomic E-state index is 0.200. The number of nitrogens with two attached hydrogens (primary N) is 1. The van der Waals surface area contributed by atoms with Crippen LogP contribution in [0.25, 0.3) is 0 Å². The van der Waals surface area contributed by atoms with E-state index in [1.165, 1.54) is 0 Å². The van der Waals surface area contributed by atoms with Gasteiger partial charge in [0, 0.05) is 31.2 Å². The monoisotopic (exact) mass is 285 g/mol. The summed E-state index contributed by atoms with van der Waals surface area (Å²) in [4.78, 5) is 17.5. The molecule has 5 heteroatoms. The number of carbonyl (C=O) groups is 1. The second-order valence-corrected chi connectivity index (χ2v) is 4.85. The highest BCUT2D eigenvalue weighted by Crippen LogP contribution is 2.19. The summed E-state index contributed by atoms with van der Waals surface area (Å²) in [5.41, 5.74) is 8.17. The second-order valence-electron chi connectivity index (χ2n) is 4.85. The number of hydrogen-bond donors (Lipinski definition) is 2. The molecule has 0 saturated carbocycles. The van der Waals surface area contributed by atoms with Gasteiger partial charge in [0.25, 0.3) is 0 Å². The van der Waals surface area contributed by atoms with E-state index in [9.17, 15) is 9.90 Å². The number of aromatic carboxylic acids is 1. The molecule has 3 N–H and O–H groups in total. The third-order valence-corrected chi connectivity index (χ3v) is 3.39. The third kappa shape index (κ3) is 3.79. The van der Waals surface area contributed by atoms with Gasteiger partial charge in [0.15, 0.2) is 0 Å². The van der Waals surface area contributed by atoms with Gasteiger partial charge in [0.1, 0.15) is 0 Å². The molecular weight excluding hydrogens is 266 g/mol. The zero-order valence-corrected chi connectivity index (χ0v) is 12.0. The summed E-state index contributed by atoms with van der Waals surface area (Å²) in [5, 5.41) is 9.32. The molecule has 0 aliphatic carbocycles. The molecule has 5 nitrogen and oxygen atoms in total. The van der Waals surface area contributed by atoms with Crippen LogP contribution in [-0.2, 0) is 13.1 Å². The molecule has 0 amide bonds. The Morgan fingerprint density at radius 3 is 2.57 bits per heavy atom. The van der Waals surface area contributed by atoms with Crippen molar-refractivity contribution >= 4 is 11.7 Å². The average molecular weight is 285 g/mol. The maximum Gasteiger partial charge on any atom is 0.338 e. The van der Waals surface area contributed by atoms with Crippen LogP contribution in [0.15, 0.2) is 42.7 Å². The molecule has 1 aromatic carbocycles. The molecule has 0 aliphatic rings. The van der Waals surface area contributed by atoms with Crippen LogP contribution >= 0.6 is 0 Å². The number of nitrogen functional groups attached to an aromatic ring is 1. The molecule has 0 saturated heterocycles. The van der Waals surface area contributed by atoms with Crippen molar-refractivity contribution in [1.82, 2.24) is 9.88 Å². The number of pyridine rings is 1. The Morgan fingerprint density at radius 2 is 1.95 bits per heavy atom. The predicted molar refractivity (Wildman–Crippen MR) is 81.8 cm³/mol. The van der Waals surface area contributed by atoms with Crippen LogP contribution in [0, 0.1) is 0 Å². The maximum absolute atomic E-state index is 11.4. The lowest BCUT2D eigenvalue weighted by atomic mass is 10.0. The van der Waals surface area contributed by atoms with Crippen molar-refractivity contribution in [3.8, 4) is 0 Å². The molecule has 2 rings (SSSR count). The summed E-state index contributed by atoms with van der Waals surface area (Å²) in [6.07, 6.45) is 3.51. The Morgan fingerprint density at radius 1 is 1.24 bits per heavy atom. The van der Waals surface area contributed by atoms with Gasteiger partial charge in [-0.1, -0.05) is 19.1 Å². The first-order chi connectivity index (χ1) is 10.1. The van der Waals surface area contributed by atoms with Crippen molar-refractivity contribution in [3.05, 3.63) is 59.4 Å². The topological polar surface area (TPSA) is 79.5 Å². The molecule has 0 atom stereocenters. The molecule has 21 heavy (non-hydrogen) atoms. The fourth-order valence-corrected chi connectivity index (χ4v) is 2.28. The lowest BCUT2D eigenvalue weighted by molar-refractivity contribution is 0.0695. The normalized spacial score (nSPS) is 10.8. The standard InChI is InChI=1S/C16H19N3O2/c1-2-19(10-12-6-8-18-9-7-12)11-13-4-3-5-14(17)15(13)16(20)21/h3-9H,2,10-11,17H2,1H3,(H,20,21). The summed E-state index contributed by atoms with van der Waals surface area (Å²) in [5.74, 6) is -0.983. The summed E-state index contributed by atoms with van der Waals surface area (Å²) in [6.45, 7) is 4.16. The first-order valence-corrected chi connectivity index (χ1v) is 6.83. The van der Waals surface area contributed by atoms with E-state index < -0.39 is 5.97 Å². The average Bonchev–Trinajstić information content (AvgIpc) is 2.47. The smallest absolute Gasteiger partial charge is 0.338 e. The Hall–Kier alpha value is -2.40. The van der Waals surface area contributed by atoms with Crippen molar-refractivity contribution in [3.63, 3.8) is 0 Å². The number of carboxylic acid groups (broad SMARTS) is 1. The number of anilines is 1. The van der Waals surface area contributed by atoms with Gasteiger partial charge in [0.05, 0.1) is 5.56 Å². The number of rotatable bonds is 6. The Labute approximate surface area is 124 Å². The predicted octanol–water partition coefficient (Wildman–Crippen LogP) is 2.38. The molecule has 0 unspecified atom stereocenters. The van der Waals surface area contributed by atoms with Gasteiger partial charge in [-0.3, -0.25) is 9.88 Å². The highest BCUT2D eigenvalue weighted by Gasteiger charge is 2.15. The van der Waals surface area contributed by atoms with Crippen LogP contribution in [0.4, 0.5) is 5.69 Å². The molecule has 1 heterocycles. The minimum atomic E-state index is -0.983. The number of aromatic nitrogens is 1. The molecule has 0 spiro atoms. The Bertz CT molecular complexity index is 614. The van der Waals surface area contributed by atoms with Crippen LogP contribution in [0.2, 0.25) is 0 Å². The largest absolute Gasteiger partial charge is 0.478 e. The van der Waals surface area contributed by atoms with E-state index in [1.807, 2.05) is 25.1 Å². The molecule has 0 bridgehead atoms. The number of hydrogen-bond acceptors (Lipinski definition) is 4. The van der Waals surface area contributed by atoms with E-state index in [0.717, 1.165) is 24.2 Å². The number of benzene rings is 1. The van der Waals surface area contributed by atoms with Crippen LogP contribution in [0.3, 0.4) is 0 Å². The Kier molecular flexibility index (Phi) is 4.90. The van der Waals surface area contributed by atoms with Crippen LogP contribution < -0.4 is 5.73 Å². The van der Waals surface area contributed by atoms with Crippen LogP contribution in [-0.4, -0.2) is 27.5 Å². The fourth-order valence-electron chi connectivity index (χ4n) is 2.28. The van der Waals surface area contributed by atoms with Gasteiger partial charge < -0.3 is 10.8 Å². The summed E-state index contributed by atoms with van der Waals surface area (Å²) in [7, 11) is 0. The summed E-state index contributed by atoms with van der Waals surface area (Å²) in [6, 6.07) is 9.14. The van der Waals surface area contributed by atoms with Crippen molar-refractivity contribution in [1.29, 1.82) is 0 Å². The van der Waals surface area contributed by atoms with Gasteiger partial charge in [-0.05, 0) is 35.9 Å². The number of nitrogens with zero attached hydrogens (tertiary/aromatic N) is 2. The second kappa shape index (κ2) is 6.85. The van der Waals surface area contributed by atoms with Crippen molar-refractivity contribution in [2.75, 3.05) is 12.3 Å². The highest BCUT2D eigenvalue weighted by atomic mass is 16.4. The van der Waals surface area contributed by atoms with Gasteiger partial charge in [-0.15, -0.1) is 0 Å². The summed E-state index contributed by atoms with van der Waals surface area (Å²) < 4.78 is 0. The molecule has 110 valence electrons. The summed E-state index contributed by atoms with van der Waals surface area (Å²) >= 11 is 0. The molecular formula is C16H19N3O2. The third-order valence-electron chi connectivity index (χ3n) is 3.39. The van der Waals surface area contributed by atoms with Crippen LogP contribution in [0.1, 0.15) is 28.4 Å². The van der Waals surface area contributed by atoms with Crippen LogP contribution in [0.5, 0.6) is 0 Å². The lowest BCUT2D eigenvalue weighted by Crippen LogP contribution is -2.24. The van der Waals surface area contributed by atoms with Gasteiger partial charge in [-0.2, -0.15) is 0 Å².